The van der Waals surface area contributed by atoms with E-state index in [1.165, 1.54) is 6.33 Å². The smallest absolute Gasteiger partial charge is 0.274 e. The number of aromatic nitrogens is 2. The number of para-hydroxylation sites is 1. The highest BCUT2D eigenvalue weighted by Crippen LogP contribution is 2.24. The second kappa shape index (κ2) is 7.02. The minimum atomic E-state index is -0.234. The summed E-state index contributed by atoms with van der Waals surface area (Å²) < 4.78 is 0. The number of rotatable bonds is 5. The highest BCUT2D eigenvalue weighted by atomic mass is 16.1. The van der Waals surface area contributed by atoms with Gasteiger partial charge in [-0.05, 0) is 31.4 Å². The molecule has 1 heterocycles. The molecule has 2 rings (SSSR count). The first-order valence-corrected chi connectivity index (χ1v) is 7.46. The van der Waals surface area contributed by atoms with Gasteiger partial charge in [0, 0.05) is 17.8 Å². The Morgan fingerprint density at radius 3 is 2.50 bits per heavy atom. The van der Waals surface area contributed by atoms with E-state index in [1.54, 1.807) is 6.07 Å². The molecule has 1 aromatic heterocycles. The molecule has 116 valence electrons. The molecule has 0 aliphatic carbocycles. The fraction of sp³-hybridized carbons (Fsp3) is 0.353. The summed E-state index contributed by atoms with van der Waals surface area (Å²) in [5.41, 5.74) is 2.27. The standard InChI is InChI=1S/C17H22N4O/c1-11(2)13-7-5-6-8-14(13)21-17(22)15-9-16(19-10-18-15)20-12(3)4/h5-12H,1-4H3,(H,21,22)(H,18,19,20). The highest BCUT2D eigenvalue weighted by Gasteiger charge is 2.13. The third-order valence-electron chi connectivity index (χ3n) is 3.17. The molecule has 0 aliphatic rings. The van der Waals surface area contributed by atoms with Gasteiger partial charge in [0.1, 0.15) is 17.8 Å². The van der Waals surface area contributed by atoms with Gasteiger partial charge in [-0.3, -0.25) is 4.79 Å². The van der Waals surface area contributed by atoms with E-state index in [1.807, 2.05) is 38.1 Å². The number of carbonyl (C=O) groups is 1. The van der Waals surface area contributed by atoms with Crippen LogP contribution in [0.4, 0.5) is 11.5 Å². The van der Waals surface area contributed by atoms with Crippen molar-refractivity contribution in [2.24, 2.45) is 0 Å². The molecule has 1 aromatic carbocycles. The normalized spacial score (nSPS) is 10.8. The fourth-order valence-corrected chi connectivity index (χ4v) is 2.16. The van der Waals surface area contributed by atoms with Gasteiger partial charge in [0.25, 0.3) is 5.91 Å². The SMILES string of the molecule is CC(C)Nc1cc(C(=O)Nc2ccccc2C(C)C)ncn1. The van der Waals surface area contributed by atoms with E-state index < -0.39 is 0 Å². The lowest BCUT2D eigenvalue weighted by Gasteiger charge is -2.14. The van der Waals surface area contributed by atoms with Crippen LogP contribution in [0.2, 0.25) is 0 Å². The van der Waals surface area contributed by atoms with Crippen molar-refractivity contribution < 1.29 is 4.79 Å². The highest BCUT2D eigenvalue weighted by molar-refractivity contribution is 6.03. The van der Waals surface area contributed by atoms with Crippen molar-refractivity contribution in [1.82, 2.24) is 9.97 Å². The number of carbonyl (C=O) groups excluding carboxylic acids is 1. The Morgan fingerprint density at radius 2 is 1.82 bits per heavy atom. The zero-order chi connectivity index (χ0) is 16.1. The van der Waals surface area contributed by atoms with Gasteiger partial charge >= 0.3 is 0 Å². The Morgan fingerprint density at radius 1 is 1.09 bits per heavy atom. The first kappa shape index (κ1) is 15.9. The predicted molar refractivity (Wildman–Crippen MR) is 89.3 cm³/mol. The Bertz CT molecular complexity index is 653. The monoisotopic (exact) mass is 298 g/mol. The maximum absolute atomic E-state index is 12.4. The summed E-state index contributed by atoms with van der Waals surface area (Å²) in [5.74, 6) is 0.745. The number of amides is 1. The number of anilines is 2. The summed E-state index contributed by atoms with van der Waals surface area (Å²) >= 11 is 0. The number of benzene rings is 1. The summed E-state index contributed by atoms with van der Waals surface area (Å²) in [7, 11) is 0. The maximum Gasteiger partial charge on any atom is 0.274 e. The van der Waals surface area contributed by atoms with Gasteiger partial charge in [0.15, 0.2) is 0 Å². The summed E-state index contributed by atoms with van der Waals surface area (Å²) in [6.45, 7) is 8.22. The van der Waals surface area contributed by atoms with E-state index >= 15 is 0 Å². The van der Waals surface area contributed by atoms with E-state index in [2.05, 4.69) is 34.4 Å². The molecule has 0 saturated carbocycles. The molecule has 2 aromatic rings. The first-order valence-electron chi connectivity index (χ1n) is 7.46. The molecule has 0 unspecified atom stereocenters. The van der Waals surface area contributed by atoms with Crippen LogP contribution in [-0.2, 0) is 0 Å². The lowest BCUT2D eigenvalue weighted by atomic mass is 10.0. The second-order valence-corrected chi connectivity index (χ2v) is 5.78. The average Bonchev–Trinajstić information content (AvgIpc) is 2.47. The molecule has 0 radical (unpaired) electrons. The lowest BCUT2D eigenvalue weighted by Crippen LogP contribution is -2.17. The summed E-state index contributed by atoms with van der Waals surface area (Å²) in [6.07, 6.45) is 1.40. The molecule has 0 aliphatic heterocycles. The van der Waals surface area contributed by atoms with Crippen LogP contribution in [0, 0.1) is 0 Å². The van der Waals surface area contributed by atoms with E-state index in [-0.39, 0.29) is 11.9 Å². The quantitative estimate of drug-likeness (QED) is 0.883. The van der Waals surface area contributed by atoms with Crippen LogP contribution in [0.25, 0.3) is 0 Å². The zero-order valence-corrected chi connectivity index (χ0v) is 13.4. The van der Waals surface area contributed by atoms with E-state index in [0.717, 1.165) is 11.3 Å². The molecule has 0 atom stereocenters. The van der Waals surface area contributed by atoms with Crippen LogP contribution >= 0.6 is 0 Å². The molecular weight excluding hydrogens is 276 g/mol. The van der Waals surface area contributed by atoms with Gasteiger partial charge in [-0.25, -0.2) is 9.97 Å². The Balaban J connectivity index is 2.19. The summed E-state index contributed by atoms with van der Waals surface area (Å²) in [5, 5.41) is 6.09. The van der Waals surface area contributed by atoms with E-state index in [9.17, 15) is 4.79 Å². The van der Waals surface area contributed by atoms with Crippen molar-refractivity contribution in [3.05, 3.63) is 47.9 Å². The van der Waals surface area contributed by atoms with Crippen molar-refractivity contribution in [3.63, 3.8) is 0 Å². The molecule has 5 heteroatoms. The minimum Gasteiger partial charge on any atom is -0.368 e. The largest absolute Gasteiger partial charge is 0.368 e. The van der Waals surface area contributed by atoms with E-state index in [0.29, 0.717) is 17.4 Å². The van der Waals surface area contributed by atoms with Crippen LogP contribution in [0.15, 0.2) is 36.7 Å². The van der Waals surface area contributed by atoms with Crippen molar-refractivity contribution in [2.75, 3.05) is 10.6 Å². The molecule has 0 bridgehead atoms. The Hall–Kier alpha value is -2.43. The molecule has 1 amide bonds. The molecule has 2 N–H and O–H groups in total. The number of nitrogens with one attached hydrogen (secondary N) is 2. The number of nitrogens with zero attached hydrogens (tertiary/aromatic N) is 2. The predicted octanol–water partition coefficient (Wildman–Crippen LogP) is 3.67. The van der Waals surface area contributed by atoms with Crippen molar-refractivity contribution >= 4 is 17.4 Å². The van der Waals surface area contributed by atoms with Crippen molar-refractivity contribution in [1.29, 1.82) is 0 Å². The van der Waals surface area contributed by atoms with Gasteiger partial charge in [0.2, 0.25) is 0 Å². The zero-order valence-electron chi connectivity index (χ0n) is 13.4. The average molecular weight is 298 g/mol. The number of hydrogen-bond donors (Lipinski definition) is 2. The molecule has 22 heavy (non-hydrogen) atoms. The van der Waals surface area contributed by atoms with E-state index in [4.69, 9.17) is 0 Å². The maximum atomic E-state index is 12.4. The second-order valence-electron chi connectivity index (χ2n) is 5.78. The third kappa shape index (κ3) is 4.04. The third-order valence-corrected chi connectivity index (χ3v) is 3.17. The van der Waals surface area contributed by atoms with Crippen LogP contribution in [0.3, 0.4) is 0 Å². The van der Waals surface area contributed by atoms with Crippen molar-refractivity contribution in [2.45, 2.75) is 39.7 Å². The topological polar surface area (TPSA) is 66.9 Å². The van der Waals surface area contributed by atoms with Gasteiger partial charge in [-0.1, -0.05) is 32.0 Å². The lowest BCUT2D eigenvalue weighted by molar-refractivity contribution is 0.102. The number of hydrogen-bond acceptors (Lipinski definition) is 4. The van der Waals surface area contributed by atoms with Crippen LogP contribution in [-0.4, -0.2) is 21.9 Å². The summed E-state index contributed by atoms with van der Waals surface area (Å²) in [4.78, 5) is 20.6. The molecule has 0 saturated heterocycles. The summed E-state index contributed by atoms with van der Waals surface area (Å²) in [6, 6.07) is 9.71. The van der Waals surface area contributed by atoms with Gasteiger partial charge in [-0.2, -0.15) is 0 Å². The molecule has 0 fully saturated rings. The minimum absolute atomic E-state index is 0.234. The van der Waals surface area contributed by atoms with Gasteiger partial charge < -0.3 is 10.6 Å². The molecule has 0 spiro atoms. The Labute approximate surface area is 131 Å². The molecule has 5 nitrogen and oxygen atoms in total. The fourth-order valence-electron chi connectivity index (χ4n) is 2.16. The molecular formula is C17H22N4O. The van der Waals surface area contributed by atoms with Gasteiger partial charge in [-0.15, -0.1) is 0 Å². The van der Waals surface area contributed by atoms with Crippen LogP contribution in [0.5, 0.6) is 0 Å². The van der Waals surface area contributed by atoms with Gasteiger partial charge in [0.05, 0.1) is 0 Å². The van der Waals surface area contributed by atoms with Crippen LogP contribution in [0.1, 0.15) is 49.7 Å². The Kier molecular flexibility index (Phi) is 5.09. The van der Waals surface area contributed by atoms with Crippen LogP contribution < -0.4 is 10.6 Å². The van der Waals surface area contributed by atoms with Crippen molar-refractivity contribution in [3.8, 4) is 0 Å². The first-order chi connectivity index (χ1) is 10.5.